The van der Waals surface area contributed by atoms with Crippen LogP contribution in [0.15, 0.2) is 42.7 Å². The van der Waals surface area contributed by atoms with Gasteiger partial charge in [0, 0.05) is 49.2 Å². The van der Waals surface area contributed by atoms with Crippen LogP contribution in [0.5, 0.6) is 5.75 Å². The summed E-state index contributed by atoms with van der Waals surface area (Å²) < 4.78 is 36.6. The van der Waals surface area contributed by atoms with E-state index in [9.17, 15) is 13.2 Å². The van der Waals surface area contributed by atoms with Gasteiger partial charge in [0.05, 0.1) is 17.9 Å². The lowest BCUT2D eigenvalue weighted by Gasteiger charge is -2.40. The van der Waals surface area contributed by atoms with Crippen molar-refractivity contribution in [3.05, 3.63) is 42.7 Å². The number of sulfone groups is 1. The first-order valence-electron chi connectivity index (χ1n) is 16.3. The number of nitrogens with two attached hydrogens (primary N) is 1. The second-order valence-electron chi connectivity index (χ2n) is 12.7. The zero-order valence-corrected chi connectivity index (χ0v) is 27.5. The quantitative estimate of drug-likeness (QED) is 0.205. The molecule has 0 unspecified atom stereocenters. The Morgan fingerprint density at radius 3 is 2.58 bits per heavy atom. The number of esters is 1. The Bertz CT molecular complexity index is 1530. The summed E-state index contributed by atoms with van der Waals surface area (Å²) >= 11 is 0. The molecule has 0 amide bonds. The second-order valence-corrected chi connectivity index (χ2v) is 14.9. The first-order chi connectivity index (χ1) is 21.6. The number of hydrogen-bond acceptors (Lipinski definition) is 10. The third kappa shape index (κ3) is 8.74. The molecular formula is C33H48N6O5S. The molecule has 45 heavy (non-hydrogen) atoms. The van der Waals surface area contributed by atoms with E-state index in [2.05, 4.69) is 15.2 Å². The number of piperidine rings is 1. The topological polar surface area (TPSA) is 142 Å². The molecule has 1 aliphatic heterocycles. The zero-order valence-electron chi connectivity index (χ0n) is 26.7. The Morgan fingerprint density at radius 2 is 1.87 bits per heavy atom. The fourth-order valence-corrected chi connectivity index (χ4v) is 7.02. The molecule has 5 rings (SSSR count). The van der Waals surface area contributed by atoms with Crippen molar-refractivity contribution in [1.82, 2.24) is 19.4 Å². The van der Waals surface area contributed by atoms with Crippen LogP contribution in [0.2, 0.25) is 0 Å². The highest BCUT2D eigenvalue weighted by Crippen LogP contribution is 2.30. The van der Waals surface area contributed by atoms with E-state index in [1.54, 1.807) is 6.20 Å². The van der Waals surface area contributed by atoms with Crippen molar-refractivity contribution in [2.24, 2.45) is 11.7 Å². The van der Waals surface area contributed by atoms with Crippen molar-refractivity contribution in [2.45, 2.75) is 89.4 Å². The maximum Gasteiger partial charge on any atom is 0.323 e. The number of carbonyl (C=O) groups is 1. The Balaban J connectivity index is 1.11. The Labute approximate surface area is 266 Å². The van der Waals surface area contributed by atoms with Crippen molar-refractivity contribution in [1.29, 1.82) is 0 Å². The number of benzene rings is 1. The van der Waals surface area contributed by atoms with Crippen molar-refractivity contribution in [2.75, 3.05) is 37.0 Å². The van der Waals surface area contributed by atoms with Crippen LogP contribution in [-0.2, 0) is 19.4 Å². The van der Waals surface area contributed by atoms with Crippen molar-refractivity contribution < 1.29 is 22.7 Å². The third-order valence-corrected chi connectivity index (χ3v) is 10.4. The van der Waals surface area contributed by atoms with Crippen LogP contribution in [0.25, 0.3) is 16.7 Å². The monoisotopic (exact) mass is 640 g/mol. The van der Waals surface area contributed by atoms with Gasteiger partial charge in [0.15, 0.2) is 0 Å². The van der Waals surface area contributed by atoms with Gasteiger partial charge in [-0.15, -0.1) is 0 Å². The normalized spacial score (nSPS) is 21.3. The number of fused-ring (bicyclic) bond motifs is 1. The molecule has 2 atom stereocenters. The highest BCUT2D eigenvalue weighted by molar-refractivity contribution is 7.90. The Kier molecular flexibility index (Phi) is 11.0. The van der Waals surface area contributed by atoms with Gasteiger partial charge in [-0.1, -0.05) is 26.3 Å². The molecule has 3 aromatic rings. The number of carbonyl (C=O) groups excluding carboxylic acids is 1. The lowest BCUT2D eigenvalue weighted by Crippen LogP contribution is -2.47. The van der Waals surface area contributed by atoms with E-state index in [-0.39, 0.29) is 23.7 Å². The summed E-state index contributed by atoms with van der Waals surface area (Å²) in [5.41, 5.74) is 7.03. The molecule has 3 heterocycles. The molecule has 0 radical (unpaired) electrons. The fourth-order valence-electron chi connectivity index (χ4n) is 6.38. The van der Waals surface area contributed by atoms with E-state index in [0.717, 1.165) is 80.5 Å². The number of rotatable bonds is 13. The summed E-state index contributed by atoms with van der Waals surface area (Å²) in [6.07, 6.45) is 12.3. The summed E-state index contributed by atoms with van der Waals surface area (Å²) in [6.45, 7) is 6.27. The Morgan fingerprint density at radius 1 is 1.11 bits per heavy atom. The highest BCUT2D eigenvalue weighted by Gasteiger charge is 2.31. The molecule has 2 aromatic heterocycles. The standard InChI is InChI=1S/C33H48N6O5S/c1-4-23(2)31(34)32(40)44-26-14-18-38(19-15-26)25-11-9-24(10-12-25)36-33-35-17-13-30(37-33)39-20-16-27-28(39)7-5-8-29(27)43-21-6-22-45(3,41)42/h5,7-8,13,16-17,20,23-26,31H,4,6,9-12,14-15,18-19,21-22,34H2,1-3H3,(H,35,36,37)/t23-,24?,25?,31+/m0/s1. The maximum absolute atomic E-state index is 12.4. The first-order valence-corrected chi connectivity index (χ1v) is 18.4. The molecule has 3 N–H and O–H groups in total. The second kappa shape index (κ2) is 14.9. The van der Waals surface area contributed by atoms with Crippen LogP contribution >= 0.6 is 0 Å². The molecule has 1 aromatic carbocycles. The summed E-state index contributed by atoms with van der Waals surface area (Å²) in [5.74, 6) is 2.07. The van der Waals surface area contributed by atoms with Gasteiger partial charge in [-0.2, -0.15) is 4.98 Å². The lowest BCUT2D eigenvalue weighted by atomic mass is 9.89. The number of anilines is 1. The Hall–Kier alpha value is -3.22. The molecule has 246 valence electrons. The number of ether oxygens (including phenoxy) is 2. The van der Waals surface area contributed by atoms with Crippen molar-refractivity contribution >= 4 is 32.7 Å². The molecule has 2 fully saturated rings. The van der Waals surface area contributed by atoms with Crippen LogP contribution in [0, 0.1) is 5.92 Å². The zero-order chi connectivity index (χ0) is 32.0. The lowest BCUT2D eigenvalue weighted by molar-refractivity contribution is -0.154. The van der Waals surface area contributed by atoms with Crippen LogP contribution in [0.3, 0.4) is 0 Å². The van der Waals surface area contributed by atoms with Crippen molar-refractivity contribution in [3.63, 3.8) is 0 Å². The van der Waals surface area contributed by atoms with E-state index >= 15 is 0 Å². The summed E-state index contributed by atoms with van der Waals surface area (Å²) in [7, 11) is -3.01. The predicted octanol–water partition coefficient (Wildman–Crippen LogP) is 4.34. The van der Waals surface area contributed by atoms with Gasteiger partial charge in [0.2, 0.25) is 5.95 Å². The van der Waals surface area contributed by atoms with Gasteiger partial charge in [-0.25, -0.2) is 13.4 Å². The smallest absolute Gasteiger partial charge is 0.323 e. The molecule has 1 saturated carbocycles. The number of hydrogen-bond donors (Lipinski definition) is 2. The van der Waals surface area contributed by atoms with Crippen LogP contribution in [-0.4, -0.2) is 89.8 Å². The minimum absolute atomic E-state index is 0.0326. The summed E-state index contributed by atoms with van der Waals surface area (Å²) in [6, 6.07) is 10.0. The molecule has 12 heteroatoms. The molecule has 0 bridgehead atoms. The van der Waals surface area contributed by atoms with Crippen LogP contribution < -0.4 is 15.8 Å². The third-order valence-electron chi connectivity index (χ3n) is 9.33. The van der Waals surface area contributed by atoms with Gasteiger partial charge in [-0.05, 0) is 75.1 Å². The number of nitrogens with one attached hydrogen (secondary N) is 1. The van der Waals surface area contributed by atoms with Crippen LogP contribution in [0.4, 0.5) is 5.95 Å². The molecule has 0 spiro atoms. The highest BCUT2D eigenvalue weighted by atomic mass is 32.2. The fraction of sp³-hybridized carbons (Fsp3) is 0.606. The molecule has 2 aliphatic rings. The number of likely N-dealkylation sites (tertiary alicyclic amines) is 1. The maximum atomic E-state index is 12.4. The average molecular weight is 641 g/mol. The SMILES string of the molecule is CC[C@H](C)[C@@H](N)C(=O)OC1CCN(C2CCC(Nc3nccc(-n4ccc5c(OCCCS(C)(=O)=O)cccc54)n3)CC2)CC1. The first kappa shape index (κ1) is 33.2. The van der Waals surface area contributed by atoms with Crippen LogP contribution in [0.1, 0.15) is 65.2 Å². The number of aromatic nitrogens is 3. The molecule has 11 nitrogen and oxygen atoms in total. The van der Waals surface area contributed by atoms with Crippen molar-refractivity contribution in [3.8, 4) is 11.6 Å². The minimum atomic E-state index is -3.01. The van der Waals surface area contributed by atoms with Gasteiger partial charge >= 0.3 is 5.97 Å². The molecular weight excluding hydrogens is 592 g/mol. The number of nitrogens with zero attached hydrogens (tertiary/aromatic N) is 4. The van der Waals surface area contributed by atoms with E-state index in [1.807, 2.05) is 54.9 Å². The molecule has 1 aliphatic carbocycles. The molecule has 1 saturated heterocycles. The van der Waals surface area contributed by atoms with E-state index in [1.165, 1.54) is 6.26 Å². The van der Waals surface area contributed by atoms with E-state index in [0.29, 0.717) is 31.1 Å². The largest absolute Gasteiger partial charge is 0.493 e. The van der Waals surface area contributed by atoms with E-state index < -0.39 is 15.9 Å². The van der Waals surface area contributed by atoms with Gasteiger partial charge in [-0.3, -0.25) is 4.79 Å². The summed E-state index contributed by atoms with van der Waals surface area (Å²) in [5, 5.41) is 4.51. The van der Waals surface area contributed by atoms with Gasteiger partial charge in [0.25, 0.3) is 0 Å². The average Bonchev–Trinajstić information content (AvgIpc) is 3.48. The van der Waals surface area contributed by atoms with E-state index in [4.69, 9.17) is 20.2 Å². The minimum Gasteiger partial charge on any atom is -0.493 e. The van der Waals surface area contributed by atoms with Gasteiger partial charge < -0.3 is 30.0 Å². The van der Waals surface area contributed by atoms with Gasteiger partial charge in [0.1, 0.15) is 33.6 Å². The summed E-state index contributed by atoms with van der Waals surface area (Å²) in [4.78, 5) is 24.3. The predicted molar refractivity (Wildman–Crippen MR) is 176 cm³/mol.